The number of rotatable bonds is 5. The van der Waals surface area contributed by atoms with Crippen LogP contribution in [0.5, 0.6) is 0 Å². The summed E-state index contributed by atoms with van der Waals surface area (Å²) in [4.78, 5) is 12.1. The van der Waals surface area contributed by atoms with Gasteiger partial charge in [-0.1, -0.05) is 36.6 Å². The first-order valence-corrected chi connectivity index (χ1v) is 8.14. The van der Waals surface area contributed by atoms with Crippen molar-refractivity contribution in [1.82, 2.24) is 5.32 Å². The second kappa shape index (κ2) is 5.62. The smallest absolute Gasteiger partial charge is 0.222 e. The van der Waals surface area contributed by atoms with E-state index >= 15 is 0 Å². The zero-order chi connectivity index (χ0) is 14.9. The van der Waals surface area contributed by atoms with E-state index in [-0.39, 0.29) is 17.7 Å². The number of hydrogen-bond acceptors (Lipinski definition) is 2. The molecule has 0 radical (unpaired) electrons. The van der Waals surface area contributed by atoms with Gasteiger partial charge in [0.15, 0.2) is 0 Å². The molecule has 21 heavy (non-hydrogen) atoms. The zero-order valence-corrected chi connectivity index (χ0v) is 13.0. The Labute approximate surface area is 130 Å². The third kappa shape index (κ3) is 3.41. The molecular formula is C17H22ClNO2. The van der Waals surface area contributed by atoms with Crippen molar-refractivity contribution in [2.24, 2.45) is 0 Å². The Morgan fingerprint density at radius 2 is 1.76 bits per heavy atom. The van der Waals surface area contributed by atoms with Crippen molar-refractivity contribution in [3.8, 4) is 0 Å². The molecular weight excluding hydrogens is 286 g/mol. The summed E-state index contributed by atoms with van der Waals surface area (Å²) in [5, 5.41) is 14.0. The van der Waals surface area contributed by atoms with Crippen molar-refractivity contribution in [3.05, 3.63) is 34.9 Å². The molecule has 2 N–H and O–H groups in total. The fourth-order valence-corrected chi connectivity index (χ4v) is 3.49. The number of halogens is 1. The number of nitrogens with one attached hydrogen (secondary N) is 1. The quantitative estimate of drug-likeness (QED) is 0.878. The van der Waals surface area contributed by atoms with Crippen LogP contribution >= 0.6 is 11.6 Å². The lowest BCUT2D eigenvalue weighted by Gasteiger charge is -2.22. The van der Waals surface area contributed by atoms with E-state index in [0.29, 0.717) is 6.54 Å². The standard InChI is InChI=1S/C17H22ClNO2/c18-14-5-3-13(4-6-14)16(9-10-16)12-19-15(20)11-17(21)7-1-2-8-17/h3-6,21H,1-2,7-12H2,(H,19,20). The first-order valence-electron chi connectivity index (χ1n) is 7.77. The van der Waals surface area contributed by atoms with Crippen LogP contribution in [0.15, 0.2) is 24.3 Å². The molecule has 0 unspecified atom stereocenters. The monoisotopic (exact) mass is 307 g/mol. The number of carbonyl (C=O) groups excluding carboxylic acids is 1. The molecule has 0 aliphatic heterocycles. The summed E-state index contributed by atoms with van der Waals surface area (Å²) in [5.74, 6) is -0.0281. The van der Waals surface area contributed by atoms with E-state index in [9.17, 15) is 9.90 Å². The van der Waals surface area contributed by atoms with E-state index in [1.807, 2.05) is 24.3 Å². The van der Waals surface area contributed by atoms with Gasteiger partial charge in [-0.15, -0.1) is 0 Å². The second-order valence-electron chi connectivity index (χ2n) is 6.67. The number of amides is 1. The lowest BCUT2D eigenvalue weighted by Crippen LogP contribution is -2.38. The van der Waals surface area contributed by atoms with Crippen molar-refractivity contribution in [1.29, 1.82) is 0 Å². The highest BCUT2D eigenvalue weighted by Crippen LogP contribution is 2.47. The topological polar surface area (TPSA) is 49.3 Å². The Bertz CT molecular complexity index is 516. The Hall–Kier alpha value is -1.06. The van der Waals surface area contributed by atoms with Gasteiger partial charge in [-0.25, -0.2) is 0 Å². The number of hydrogen-bond donors (Lipinski definition) is 2. The first kappa shape index (κ1) is 14.9. The maximum absolute atomic E-state index is 12.1. The largest absolute Gasteiger partial charge is 0.389 e. The predicted octanol–water partition coefficient (Wildman–Crippen LogP) is 3.18. The molecule has 114 valence electrons. The molecule has 4 heteroatoms. The number of benzene rings is 1. The summed E-state index contributed by atoms with van der Waals surface area (Å²) >= 11 is 5.92. The van der Waals surface area contributed by atoms with Crippen LogP contribution in [0.3, 0.4) is 0 Å². The summed E-state index contributed by atoms with van der Waals surface area (Å²) < 4.78 is 0. The lowest BCUT2D eigenvalue weighted by molar-refractivity contribution is -0.126. The Balaban J connectivity index is 1.55. The minimum Gasteiger partial charge on any atom is -0.389 e. The highest BCUT2D eigenvalue weighted by molar-refractivity contribution is 6.30. The van der Waals surface area contributed by atoms with Gasteiger partial charge < -0.3 is 10.4 Å². The summed E-state index contributed by atoms with van der Waals surface area (Å²) in [6, 6.07) is 7.90. The fourth-order valence-electron chi connectivity index (χ4n) is 3.36. The van der Waals surface area contributed by atoms with Crippen LogP contribution in [0.2, 0.25) is 5.02 Å². The van der Waals surface area contributed by atoms with E-state index in [1.165, 1.54) is 5.56 Å². The second-order valence-corrected chi connectivity index (χ2v) is 7.11. The minimum atomic E-state index is -0.763. The van der Waals surface area contributed by atoms with Gasteiger partial charge in [0.1, 0.15) is 0 Å². The molecule has 3 rings (SSSR count). The van der Waals surface area contributed by atoms with Crippen LogP contribution in [-0.2, 0) is 10.2 Å². The van der Waals surface area contributed by atoms with Crippen LogP contribution in [0.4, 0.5) is 0 Å². The van der Waals surface area contributed by atoms with Crippen molar-refractivity contribution in [2.45, 2.75) is 56.0 Å². The molecule has 0 atom stereocenters. The van der Waals surface area contributed by atoms with Crippen LogP contribution < -0.4 is 5.32 Å². The van der Waals surface area contributed by atoms with Gasteiger partial charge >= 0.3 is 0 Å². The van der Waals surface area contributed by atoms with Crippen LogP contribution in [0.25, 0.3) is 0 Å². The van der Waals surface area contributed by atoms with E-state index < -0.39 is 5.60 Å². The molecule has 1 amide bonds. The van der Waals surface area contributed by atoms with Crippen molar-refractivity contribution in [3.63, 3.8) is 0 Å². The van der Waals surface area contributed by atoms with Gasteiger partial charge in [0.05, 0.1) is 12.0 Å². The van der Waals surface area contributed by atoms with Crippen LogP contribution in [0, 0.1) is 0 Å². The Kier molecular flexibility index (Phi) is 3.98. The summed E-state index contributed by atoms with van der Waals surface area (Å²) in [7, 11) is 0. The van der Waals surface area contributed by atoms with Gasteiger partial charge in [-0.3, -0.25) is 4.79 Å². The van der Waals surface area contributed by atoms with Gasteiger partial charge in [0.25, 0.3) is 0 Å². The summed E-state index contributed by atoms with van der Waals surface area (Å²) in [5.41, 5.74) is 0.561. The molecule has 1 aromatic carbocycles. The van der Waals surface area contributed by atoms with Gasteiger partial charge in [0, 0.05) is 17.0 Å². The number of aliphatic hydroxyl groups is 1. The van der Waals surface area contributed by atoms with Gasteiger partial charge in [-0.2, -0.15) is 0 Å². The summed E-state index contributed by atoms with van der Waals surface area (Å²) in [6.07, 6.45) is 5.99. The Morgan fingerprint density at radius 1 is 1.14 bits per heavy atom. The average molecular weight is 308 g/mol. The van der Waals surface area contributed by atoms with Crippen molar-refractivity contribution >= 4 is 17.5 Å². The third-order valence-corrected chi connectivity index (χ3v) is 5.21. The molecule has 0 aromatic heterocycles. The SMILES string of the molecule is O=C(CC1(O)CCCC1)NCC1(c2ccc(Cl)cc2)CC1. The van der Waals surface area contributed by atoms with E-state index in [1.54, 1.807) is 0 Å². The Morgan fingerprint density at radius 3 is 2.33 bits per heavy atom. The normalized spacial score (nSPS) is 22.0. The zero-order valence-electron chi connectivity index (χ0n) is 12.2. The highest BCUT2D eigenvalue weighted by Gasteiger charge is 2.44. The number of carbonyl (C=O) groups is 1. The van der Waals surface area contributed by atoms with E-state index in [0.717, 1.165) is 43.5 Å². The van der Waals surface area contributed by atoms with Crippen LogP contribution in [0.1, 0.15) is 50.5 Å². The van der Waals surface area contributed by atoms with Crippen LogP contribution in [-0.4, -0.2) is 23.2 Å². The maximum Gasteiger partial charge on any atom is 0.222 e. The molecule has 1 aromatic rings. The van der Waals surface area contributed by atoms with Gasteiger partial charge in [-0.05, 0) is 43.4 Å². The molecule has 3 nitrogen and oxygen atoms in total. The maximum atomic E-state index is 12.1. The molecule has 2 fully saturated rings. The molecule has 2 aliphatic rings. The predicted molar refractivity (Wildman–Crippen MR) is 83.4 cm³/mol. The molecule has 0 spiro atoms. The average Bonchev–Trinajstić information content (AvgIpc) is 3.13. The van der Waals surface area contributed by atoms with E-state index in [2.05, 4.69) is 5.32 Å². The lowest BCUT2D eigenvalue weighted by atomic mass is 9.95. The van der Waals surface area contributed by atoms with Gasteiger partial charge in [0.2, 0.25) is 5.91 Å². The minimum absolute atomic E-state index is 0.0281. The van der Waals surface area contributed by atoms with Crippen molar-refractivity contribution in [2.75, 3.05) is 6.54 Å². The molecule has 2 aliphatic carbocycles. The fraction of sp³-hybridized carbons (Fsp3) is 0.588. The molecule has 0 bridgehead atoms. The highest BCUT2D eigenvalue weighted by atomic mass is 35.5. The molecule has 0 heterocycles. The molecule has 2 saturated carbocycles. The first-order chi connectivity index (χ1) is 10.0. The third-order valence-electron chi connectivity index (χ3n) is 4.96. The summed E-state index contributed by atoms with van der Waals surface area (Å²) in [6.45, 7) is 0.656. The molecule has 0 saturated heterocycles. The van der Waals surface area contributed by atoms with E-state index in [4.69, 9.17) is 11.6 Å². The van der Waals surface area contributed by atoms with Crippen molar-refractivity contribution < 1.29 is 9.90 Å².